The number of benzene rings is 8. The summed E-state index contributed by atoms with van der Waals surface area (Å²) in [5.41, 5.74) is 35.4. The van der Waals surface area contributed by atoms with Crippen molar-refractivity contribution in [2.75, 3.05) is 0 Å². The van der Waals surface area contributed by atoms with E-state index < -0.39 is 24.4 Å². The number of aliphatic hydroxyl groups excluding tert-OH is 8. The van der Waals surface area contributed by atoms with Crippen molar-refractivity contribution < 1.29 is 121 Å². The number of aromatic nitrogens is 4. The van der Waals surface area contributed by atoms with Gasteiger partial charge in [-0.05, 0) is 319 Å². The number of aliphatic hydroxyl groups is 8. The van der Waals surface area contributed by atoms with Crippen molar-refractivity contribution in [1.82, 2.24) is 19.9 Å². The molecule has 0 saturated heterocycles. The van der Waals surface area contributed by atoms with Gasteiger partial charge in [-0.15, -0.1) is 140 Å². The van der Waals surface area contributed by atoms with Crippen LogP contribution in [0.1, 0.15) is 331 Å². The van der Waals surface area contributed by atoms with Crippen LogP contribution >= 0.6 is 0 Å². The number of fused-ring (bicyclic) bond motifs is 4. The van der Waals surface area contributed by atoms with E-state index in [0.29, 0.717) is 30.4 Å². The van der Waals surface area contributed by atoms with Crippen molar-refractivity contribution in [3.63, 3.8) is 0 Å². The third-order valence-electron chi connectivity index (χ3n) is 24.0. The minimum Gasteiger partial charge on any atom is -0.513 e. The Morgan fingerprint density at radius 2 is 0.569 bits per heavy atom. The molecule has 0 spiro atoms. The molecule has 4 unspecified atom stereocenters. The van der Waals surface area contributed by atoms with Crippen LogP contribution in [0.4, 0.5) is 0 Å². The number of rotatable bonds is 20. The van der Waals surface area contributed by atoms with Gasteiger partial charge in [0.05, 0.1) is 69.5 Å². The summed E-state index contributed by atoms with van der Waals surface area (Å²) in [6, 6.07) is 67.5. The van der Waals surface area contributed by atoms with Crippen LogP contribution in [0, 0.1) is 113 Å². The van der Waals surface area contributed by atoms with Crippen LogP contribution in [0.25, 0.3) is 88.6 Å². The second kappa shape index (κ2) is 60.6. The molecule has 0 bridgehead atoms. The molecule has 8 N–H and O–H groups in total. The van der Waals surface area contributed by atoms with E-state index in [1.165, 1.54) is 173 Å². The summed E-state index contributed by atoms with van der Waals surface area (Å²) in [5, 5.41) is 74.6. The molecule has 12 aromatic rings. The third kappa shape index (κ3) is 46.4. The second-order valence-corrected chi connectivity index (χ2v) is 45.6. The van der Waals surface area contributed by atoms with Gasteiger partial charge in [-0.25, -0.2) is 0 Å². The van der Waals surface area contributed by atoms with E-state index in [1.807, 2.05) is 13.8 Å². The fourth-order valence-electron chi connectivity index (χ4n) is 18.8. The van der Waals surface area contributed by atoms with E-state index in [4.69, 9.17) is 50.6 Å². The van der Waals surface area contributed by atoms with Crippen molar-refractivity contribution >= 4 is 43.6 Å². The molecule has 144 heavy (non-hydrogen) atoms. The quantitative estimate of drug-likeness (QED) is 0.0264. The van der Waals surface area contributed by atoms with Gasteiger partial charge in [0.2, 0.25) is 0 Å². The fourth-order valence-corrected chi connectivity index (χ4v) is 18.8. The first-order valence-corrected chi connectivity index (χ1v) is 51.4. The normalized spacial score (nSPS) is 14.0. The molecular weight excluding hydrogens is 2490 g/mol. The Bertz CT molecular complexity index is 5870. The molecule has 4 aromatic heterocycles. The minimum absolute atomic E-state index is 0. The number of hydrogen-bond donors (Lipinski definition) is 8. The zero-order valence-electron chi connectivity index (χ0n) is 92.8. The van der Waals surface area contributed by atoms with Crippen LogP contribution in [0.3, 0.4) is 0 Å². The van der Waals surface area contributed by atoms with Crippen molar-refractivity contribution in [3.05, 3.63) is 306 Å². The first kappa shape index (κ1) is 130. The van der Waals surface area contributed by atoms with E-state index in [1.54, 1.807) is 38.0 Å². The summed E-state index contributed by atoms with van der Waals surface area (Å²) in [5.74, 6) is 3.20. The van der Waals surface area contributed by atoms with Crippen LogP contribution in [0.2, 0.25) is 0 Å². The van der Waals surface area contributed by atoms with Gasteiger partial charge in [-0.2, -0.15) is 0 Å². The van der Waals surface area contributed by atoms with E-state index in [9.17, 15) is 10.2 Å². The maximum atomic E-state index is 9.47. The molecule has 2 aliphatic rings. The molecule has 0 aliphatic heterocycles. The van der Waals surface area contributed by atoms with Gasteiger partial charge in [-0.1, -0.05) is 254 Å². The fraction of sp³-hybridized carbons (Fsp3) is 0.469. The maximum Gasteiger partial charge on any atom is 0.0911 e. The van der Waals surface area contributed by atoms with Crippen molar-refractivity contribution in [3.8, 4) is 45.0 Å². The minimum atomic E-state index is -0.537. The first-order chi connectivity index (χ1) is 65.3. The number of aryl methyl sites for hydroxylation is 10. The number of hydrogen-bond acceptors (Lipinski definition) is 12. The predicted octanol–water partition coefficient (Wildman–Crippen LogP) is 33.4. The van der Waals surface area contributed by atoms with Crippen LogP contribution < -0.4 is 0 Å². The molecule has 4 radical (unpaired) electrons. The third-order valence-corrected chi connectivity index (χ3v) is 24.0. The van der Waals surface area contributed by atoms with Crippen LogP contribution in [0.5, 0.6) is 0 Å². The smallest absolute Gasteiger partial charge is 0.0911 e. The topological polar surface area (TPSA) is 213 Å². The zero-order chi connectivity index (χ0) is 104. The van der Waals surface area contributed by atoms with Gasteiger partial charge in [0, 0.05) is 86.8 Å². The van der Waals surface area contributed by atoms with Gasteiger partial charge in [-0.3, -0.25) is 19.9 Å². The summed E-state index contributed by atoms with van der Waals surface area (Å²) in [6.45, 7) is 66.6. The van der Waals surface area contributed by atoms with Gasteiger partial charge in [0.1, 0.15) is 0 Å². The molecule has 16 heteroatoms. The molecule has 2 saturated carbocycles. The van der Waals surface area contributed by atoms with E-state index in [-0.39, 0.29) is 119 Å². The Balaban J connectivity index is 0.000000443. The van der Waals surface area contributed by atoms with Gasteiger partial charge < -0.3 is 40.9 Å². The molecule has 792 valence electrons. The standard InChI is InChI=1S/C27H30N.2C27H34N.C21H22N.C11H22O2.3C5H10O2.4Ir/c1-18-13-19(2)15-23(14-18)26-12-11-22-16-24(20-7-3-4-8-20)25(17-27(22)28-26)21-9-5-6-10-21;2*1-18-11-19(2)13-21(12-18)24-10-9-20-14-22(16-26(3,4)5)23(15-25(20)28-24)17-27(6,7)8;1-5-16-12-18-7-8-20(22-21(18)13-17(16)6-2)19-10-14(3)9-15(4)11-19;1-8(2)5-10(12)7-11(13)6-9(3)4;3*1-4(6)3-5(2)7;;;;/h11-14,16-17,20-21H,3-10H2,1-2H3;2*9-12,14-15H,16-17H2,1-8H3;7-10,12-13H,5-6H2,1-4H3;7-10,12-13H,5-6H2,1-4H3;3*3-4,6-7H,1-2H3;;;;/q4*-1;;;;;;;;. The predicted molar refractivity (Wildman–Crippen MR) is 596 cm³/mol. The van der Waals surface area contributed by atoms with E-state index >= 15 is 0 Å². The molecule has 2 aliphatic carbocycles. The molecule has 8 aromatic carbocycles. The number of nitrogens with zero attached hydrogens (tertiary/aromatic N) is 4. The van der Waals surface area contributed by atoms with E-state index in [0.717, 1.165) is 134 Å². The number of pyridine rings is 4. The van der Waals surface area contributed by atoms with Gasteiger partial charge >= 0.3 is 0 Å². The molecular formula is C128H172Ir4N4O8-4. The first-order valence-electron chi connectivity index (χ1n) is 51.4. The Morgan fingerprint density at radius 1 is 0.326 bits per heavy atom. The van der Waals surface area contributed by atoms with Crippen LogP contribution in [0.15, 0.2) is 193 Å². The number of allylic oxidation sites excluding steroid dienone is 4. The van der Waals surface area contributed by atoms with Gasteiger partial charge in [0.15, 0.2) is 0 Å². The Hall–Kier alpha value is -8.00. The van der Waals surface area contributed by atoms with Crippen molar-refractivity contribution in [1.29, 1.82) is 0 Å². The second-order valence-electron chi connectivity index (χ2n) is 45.6. The molecule has 2 fully saturated rings. The summed E-state index contributed by atoms with van der Waals surface area (Å²) in [4.78, 5) is 20.0. The zero-order valence-corrected chi connectivity index (χ0v) is 102. The van der Waals surface area contributed by atoms with Crippen molar-refractivity contribution in [2.24, 2.45) is 33.5 Å². The Morgan fingerprint density at radius 3 is 0.806 bits per heavy atom. The average Bonchev–Trinajstić information content (AvgIpc) is 1.58. The van der Waals surface area contributed by atoms with Crippen LogP contribution in [-0.2, 0) is 119 Å². The molecule has 12 nitrogen and oxygen atoms in total. The molecule has 14 rings (SSSR count). The summed E-state index contributed by atoms with van der Waals surface area (Å²) in [6.07, 6.45) is 22.3. The summed E-state index contributed by atoms with van der Waals surface area (Å²) in [7, 11) is 0. The summed E-state index contributed by atoms with van der Waals surface area (Å²) >= 11 is 0. The molecule has 4 heterocycles. The Kier molecular flexibility index (Phi) is 54.8. The monoisotopic (exact) mass is 2670 g/mol. The van der Waals surface area contributed by atoms with Crippen LogP contribution in [-0.4, -0.2) is 85.2 Å². The largest absolute Gasteiger partial charge is 0.513 e. The van der Waals surface area contributed by atoms with E-state index in [2.05, 4.69) is 336 Å². The maximum absolute atomic E-state index is 9.47. The van der Waals surface area contributed by atoms with Crippen molar-refractivity contribution in [2.45, 2.75) is 361 Å². The SMILES string of the molecule is CC(C)CC(O)=CC(O)CC(C)C.CC(O)=CC(C)O.CC(O)=CC(C)O.CC(O)=CC(C)O.CCc1cc2ccc(-c3[c-]c(C)cc(C)c3)nc2cc1CC.Cc1[c-]c(-c2ccc3cc(C4CCCC4)c(C4CCCC4)cc3n2)cc(C)c1.Cc1[c-]c(-c2ccc3cc(CC(C)(C)C)c(CC(C)(C)C)cc3n2)cc(C)c1.Cc1[c-]c(-c2ccc3cc(CC(C)(C)C)c(CC(C)(C)C)cc3n2)cc(C)c1.[Ir].[Ir].[Ir].[Ir]. The summed E-state index contributed by atoms with van der Waals surface area (Å²) < 4.78 is 0. The molecule has 4 atom stereocenters. The Labute approximate surface area is 922 Å². The van der Waals surface area contributed by atoms with Gasteiger partial charge in [0.25, 0.3) is 0 Å². The average molecular weight is 2660 g/mol. The molecule has 0 amide bonds.